The van der Waals surface area contributed by atoms with Gasteiger partial charge in [0, 0.05) is 12.8 Å². The van der Waals surface area contributed by atoms with E-state index in [4.69, 9.17) is 0 Å². The zero-order chi connectivity index (χ0) is 11.0. The third kappa shape index (κ3) is 7.10. The van der Waals surface area contributed by atoms with E-state index < -0.39 is 0 Å². The Labute approximate surface area is 120 Å². The summed E-state index contributed by atoms with van der Waals surface area (Å²) in [6, 6.07) is 0. The fraction of sp³-hybridized carbons (Fsp3) is 1.00. The normalized spacial score (nSPS) is 18.4. The second-order valence-corrected chi connectivity index (χ2v) is 5.62. The van der Waals surface area contributed by atoms with Gasteiger partial charge in [0.2, 0.25) is 0 Å². The van der Waals surface area contributed by atoms with E-state index in [9.17, 15) is 0 Å². The van der Waals surface area contributed by atoms with E-state index in [0.29, 0.717) is 0 Å². The molecule has 0 amide bonds. The van der Waals surface area contributed by atoms with Gasteiger partial charge in [0.05, 0.1) is 26.7 Å². The standard InChI is InChI=1S/C14H30N.HI/c1-3-4-5-6-7-8-9-12-15(2)13-10-11-14-15;/h3-14H2,1-2H3;1H/q+1;/p-1. The third-order valence-electron chi connectivity index (χ3n) is 3.95. The molecule has 16 heavy (non-hydrogen) atoms. The molecule has 0 unspecified atom stereocenters. The minimum atomic E-state index is 0. The maximum atomic E-state index is 2.45. The molecule has 0 saturated carbocycles. The molecule has 0 radical (unpaired) electrons. The molecule has 1 saturated heterocycles. The molecule has 0 bridgehead atoms. The first kappa shape index (κ1) is 16.7. The van der Waals surface area contributed by atoms with Crippen LogP contribution >= 0.6 is 0 Å². The van der Waals surface area contributed by atoms with Crippen molar-refractivity contribution in [2.45, 2.75) is 64.7 Å². The lowest BCUT2D eigenvalue weighted by Gasteiger charge is -2.29. The zero-order valence-corrected chi connectivity index (χ0v) is 13.5. The molecule has 1 nitrogen and oxygen atoms in total. The molecule has 1 rings (SSSR count). The Hall–Kier alpha value is 0.690. The Kier molecular flexibility index (Phi) is 10.1. The number of halogens is 1. The van der Waals surface area contributed by atoms with Crippen LogP contribution in [0.5, 0.6) is 0 Å². The maximum Gasteiger partial charge on any atom is 0.0786 e. The van der Waals surface area contributed by atoms with Crippen LogP contribution in [0.2, 0.25) is 0 Å². The molecule has 1 heterocycles. The monoisotopic (exact) mass is 339 g/mol. The van der Waals surface area contributed by atoms with Gasteiger partial charge in [-0.2, -0.15) is 0 Å². The Morgan fingerprint density at radius 2 is 1.31 bits per heavy atom. The molecule has 1 fully saturated rings. The van der Waals surface area contributed by atoms with Crippen molar-refractivity contribution in [2.75, 3.05) is 26.7 Å². The van der Waals surface area contributed by atoms with Crippen LogP contribution < -0.4 is 24.0 Å². The third-order valence-corrected chi connectivity index (χ3v) is 3.95. The van der Waals surface area contributed by atoms with E-state index in [2.05, 4.69) is 14.0 Å². The zero-order valence-electron chi connectivity index (χ0n) is 11.3. The number of likely N-dealkylation sites (tertiary alicyclic amines) is 1. The smallest absolute Gasteiger partial charge is 0.0786 e. The summed E-state index contributed by atoms with van der Waals surface area (Å²) in [5, 5.41) is 0. The number of hydrogen-bond donors (Lipinski definition) is 0. The highest BCUT2D eigenvalue weighted by Crippen LogP contribution is 2.18. The van der Waals surface area contributed by atoms with Gasteiger partial charge in [0.1, 0.15) is 0 Å². The molecular formula is C14H30IN. The van der Waals surface area contributed by atoms with Crippen molar-refractivity contribution < 1.29 is 28.5 Å². The highest BCUT2D eigenvalue weighted by Gasteiger charge is 2.25. The van der Waals surface area contributed by atoms with Crippen LogP contribution in [-0.4, -0.2) is 31.2 Å². The lowest BCUT2D eigenvalue weighted by Crippen LogP contribution is -3.00. The van der Waals surface area contributed by atoms with Crippen LogP contribution in [-0.2, 0) is 0 Å². The second kappa shape index (κ2) is 9.69. The van der Waals surface area contributed by atoms with Gasteiger partial charge in [-0.05, 0) is 12.8 Å². The summed E-state index contributed by atoms with van der Waals surface area (Å²) < 4.78 is 1.37. The molecule has 0 atom stereocenters. The summed E-state index contributed by atoms with van der Waals surface area (Å²) in [5.74, 6) is 0. The predicted octanol–water partition coefficient (Wildman–Crippen LogP) is 0.981. The number of unbranched alkanes of at least 4 members (excludes halogenated alkanes) is 6. The van der Waals surface area contributed by atoms with Crippen LogP contribution in [0.4, 0.5) is 0 Å². The Bertz CT molecular complexity index is 153. The van der Waals surface area contributed by atoms with Gasteiger partial charge >= 0.3 is 0 Å². The van der Waals surface area contributed by atoms with Crippen molar-refractivity contribution in [3.05, 3.63) is 0 Å². The summed E-state index contributed by atoms with van der Waals surface area (Å²) in [7, 11) is 2.45. The number of hydrogen-bond acceptors (Lipinski definition) is 0. The predicted molar refractivity (Wildman–Crippen MR) is 68.0 cm³/mol. The van der Waals surface area contributed by atoms with E-state index in [1.54, 1.807) is 0 Å². The Balaban J connectivity index is 0.00000225. The molecular weight excluding hydrogens is 309 g/mol. The van der Waals surface area contributed by atoms with Gasteiger partial charge in [-0.15, -0.1) is 0 Å². The first-order valence-electron chi connectivity index (χ1n) is 7.10. The van der Waals surface area contributed by atoms with Crippen molar-refractivity contribution in [1.82, 2.24) is 0 Å². The average molecular weight is 339 g/mol. The number of rotatable bonds is 8. The van der Waals surface area contributed by atoms with Crippen LogP contribution in [0.25, 0.3) is 0 Å². The highest BCUT2D eigenvalue weighted by atomic mass is 127. The molecule has 98 valence electrons. The van der Waals surface area contributed by atoms with Crippen LogP contribution in [0.15, 0.2) is 0 Å². The minimum absolute atomic E-state index is 0. The maximum absolute atomic E-state index is 2.45. The van der Waals surface area contributed by atoms with Crippen molar-refractivity contribution in [3.8, 4) is 0 Å². The molecule has 0 aromatic heterocycles. The molecule has 0 aromatic rings. The van der Waals surface area contributed by atoms with E-state index in [-0.39, 0.29) is 24.0 Å². The van der Waals surface area contributed by atoms with Gasteiger partial charge in [-0.3, -0.25) is 0 Å². The van der Waals surface area contributed by atoms with Crippen LogP contribution in [0, 0.1) is 0 Å². The molecule has 1 aliphatic heterocycles. The van der Waals surface area contributed by atoms with Gasteiger partial charge in [-0.1, -0.05) is 39.0 Å². The largest absolute Gasteiger partial charge is 1.00 e. The quantitative estimate of drug-likeness (QED) is 0.351. The van der Waals surface area contributed by atoms with Crippen molar-refractivity contribution in [3.63, 3.8) is 0 Å². The number of quaternary nitrogens is 1. The molecule has 0 aliphatic carbocycles. The summed E-state index contributed by atoms with van der Waals surface area (Å²) in [6.45, 7) is 6.61. The minimum Gasteiger partial charge on any atom is -1.00 e. The van der Waals surface area contributed by atoms with Crippen molar-refractivity contribution >= 4 is 0 Å². The van der Waals surface area contributed by atoms with Crippen LogP contribution in [0.3, 0.4) is 0 Å². The summed E-state index contributed by atoms with van der Waals surface area (Å²) in [4.78, 5) is 0. The van der Waals surface area contributed by atoms with Gasteiger partial charge in [0.25, 0.3) is 0 Å². The van der Waals surface area contributed by atoms with Gasteiger partial charge in [-0.25, -0.2) is 0 Å². The summed E-state index contributed by atoms with van der Waals surface area (Å²) in [6.07, 6.45) is 13.1. The first-order valence-corrected chi connectivity index (χ1v) is 7.10. The fourth-order valence-corrected chi connectivity index (χ4v) is 2.77. The van der Waals surface area contributed by atoms with E-state index in [1.807, 2.05) is 0 Å². The lowest BCUT2D eigenvalue weighted by molar-refractivity contribution is -0.897. The topological polar surface area (TPSA) is 0 Å². The van der Waals surface area contributed by atoms with E-state index >= 15 is 0 Å². The summed E-state index contributed by atoms with van der Waals surface area (Å²) in [5.41, 5.74) is 0. The van der Waals surface area contributed by atoms with Gasteiger partial charge < -0.3 is 28.5 Å². The van der Waals surface area contributed by atoms with Gasteiger partial charge in [0.15, 0.2) is 0 Å². The highest BCUT2D eigenvalue weighted by molar-refractivity contribution is 4.52. The molecule has 0 N–H and O–H groups in total. The van der Waals surface area contributed by atoms with Crippen LogP contribution in [0.1, 0.15) is 64.7 Å². The molecule has 1 aliphatic rings. The van der Waals surface area contributed by atoms with Crippen molar-refractivity contribution in [1.29, 1.82) is 0 Å². The number of nitrogens with zero attached hydrogens (tertiary/aromatic N) is 1. The lowest BCUT2D eigenvalue weighted by atomic mass is 10.1. The second-order valence-electron chi connectivity index (χ2n) is 5.62. The summed E-state index contributed by atoms with van der Waals surface area (Å²) >= 11 is 0. The van der Waals surface area contributed by atoms with Crippen molar-refractivity contribution in [2.24, 2.45) is 0 Å². The Morgan fingerprint density at radius 3 is 1.88 bits per heavy atom. The van der Waals surface area contributed by atoms with E-state index in [1.165, 1.54) is 81.9 Å². The SMILES string of the molecule is CCCCCCCCC[N+]1(C)CCCC1.[I-]. The molecule has 2 heteroatoms. The fourth-order valence-electron chi connectivity index (χ4n) is 2.77. The van der Waals surface area contributed by atoms with E-state index in [0.717, 1.165) is 0 Å². The molecule has 0 aromatic carbocycles. The Morgan fingerprint density at radius 1 is 0.812 bits per heavy atom. The molecule has 0 spiro atoms. The average Bonchev–Trinajstić information content (AvgIpc) is 2.64. The first-order chi connectivity index (χ1) is 7.27.